The zero-order valence-corrected chi connectivity index (χ0v) is 36.5. The van der Waals surface area contributed by atoms with E-state index >= 15 is 0 Å². The second-order valence-electron chi connectivity index (χ2n) is 15.2. The fraction of sp³-hybridized carbons (Fsp3) is 0.698. The number of halogens is 1. The summed E-state index contributed by atoms with van der Waals surface area (Å²) in [5.74, 6) is -1.51. The maximum absolute atomic E-state index is 12.5. The molecule has 1 aromatic carbocycles. The molecule has 1 aliphatic heterocycles. The van der Waals surface area contributed by atoms with E-state index in [1.54, 1.807) is 6.07 Å². The van der Waals surface area contributed by atoms with Crippen LogP contribution in [0.4, 0.5) is 4.39 Å². The Morgan fingerprint density at radius 1 is 0.879 bits per heavy atom. The van der Waals surface area contributed by atoms with E-state index in [1.807, 2.05) is 16.8 Å². The number of ether oxygens (including phenoxy) is 1. The van der Waals surface area contributed by atoms with E-state index in [9.17, 15) is 14.5 Å². The van der Waals surface area contributed by atoms with Gasteiger partial charge in [-0.15, -0.1) is 0 Å². The highest BCUT2D eigenvalue weighted by molar-refractivity contribution is 7.40. The number of unbranched alkanes of at least 4 members (excludes halogenated alkanes) is 17. The van der Waals surface area contributed by atoms with Crippen LogP contribution in [0.3, 0.4) is 0 Å². The number of nitrogens with two attached hydrogens (primary N) is 1. The monoisotopic (exact) mass is 835 g/mol. The SMILES string of the molecule is CC(C)(O)O.CCCCCCCCCCCCCCCCCCCCOP(O)OCC(C#N)(CCc1ccc2n1NCN=C2N)OC.N#Cc1cc(F)cc(CO)c1. The fourth-order valence-electron chi connectivity index (χ4n) is 6.18. The van der Waals surface area contributed by atoms with Gasteiger partial charge in [0.15, 0.2) is 11.4 Å². The molecule has 0 saturated carbocycles. The maximum Gasteiger partial charge on any atom is 0.329 e. The van der Waals surface area contributed by atoms with Crippen LogP contribution in [0.5, 0.6) is 0 Å². The summed E-state index contributed by atoms with van der Waals surface area (Å²) in [7, 11) is -0.564. The quantitative estimate of drug-likeness (QED) is 0.0271. The van der Waals surface area contributed by atoms with Gasteiger partial charge in [0.25, 0.3) is 0 Å². The van der Waals surface area contributed by atoms with Crippen LogP contribution in [0.15, 0.2) is 35.3 Å². The molecule has 0 spiro atoms. The Morgan fingerprint density at radius 2 is 1.41 bits per heavy atom. The number of hydrogen-bond acceptors (Lipinski definition) is 12. The summed E-state index contributed by atoms with van der Waals surface area (Å²) in [6.07, 6.45) is 24.9. The highest BCUT2D eigenvalue weighted by Crippen LogP contribution is 2.35. The number of hydrogen-bond donors (Lipinski definition) is 6. The third-order valence-electron chi connectivity index (χ3n) is 9.46. The van der Waals surface area contributed by atoms with Crippen LogP contribution in [-0.2, 0) is 26.8 Å². The minimum Gasteiger partial charge on any atom is -0.392 e. The van der Waals surface area contributed by atoms with Crippen molar-refractivity contribution in [1.82, 2.24) is 4.68 Å². The number of aliphatic hydroxyl groups excluding tert-OH is 1. The van der Waals surface area contributed by atoms with Crippen molar-refractivity contribution in [3.8, 4) is 12.1 Å². The third kappa shape index (κ3) is 25.3. The predicted molar refractivity (Wildman–Crippen MR) is 228 cm³/mol. The van der Waals surface area contributed by atoms with Gasteiger partial charge in [0.2, 0.25) is 0 Å². The summed E-state index contributed by atoms with van der Waals surface area (Å²) in [5, 5.41) is 43.0. The third-order valence-corrected chi connectivity index (χ3v) is 10.2. The molecular formula is C43H72FN6O7P. The van der Waals surface area contributed by atoms with Crippen molar-refractivity contribution in [2.75, 3.05) is 32.4 Å². The molecule has 1 aliphatic rings. The van der Waals surface area contributed by atoms with Crippen LogP contribution in [0.2, 0.25) is 0 Å². The zero-order valence-electron chi connectivity index (χ0n) is 35.6. The van der Waals surface area contributed by atoms with Crippen molar-refractivity contribution in [3.05, 3.63) is 58.7 Å². The fourth-order valence-corrected chi connectivity index (χ4v) is 6.86. The lowest BCUT2D eigenvalue weighted by atomic mass is 9.99. The number of methoxy groups -OCH3 is 1. The second-order valence-corrected chi connectivity index (χ2v) is 16.2. The molecule has 0 radical (unpaired) electrons. The van der Waals surface area contributed by atoms with Gasteiger partial charge >= 0.3 is 8.60 Å². The molecule has 15 heteroatoms. The molecule has 0 aliphatic carbocycles. The number of fused-ring (bicyclic) bond motifs is 1. The number of aliphatic hydroxyl groups is 3. The zero-order chi connectivity index (χ0) is 43.1. The van der Waals surface area contributed by atoms with Gasteiger partial charge < -0.3 is 45.2 Å². The van der Waals surface area contributed by atoms with E-state index in [0.717, 1.165) is 30.3 Å². The molecule has 0 fully saturated rings. The van der Waals surface area contributed by atoms with E-state index in [2.05, 4.69) is 23.4 Å². The molecule has 2 atom stereocenters. The summed E-state index contributed by atoms with van der Waals surface area (Å²) in [6.45, 7) is 5.43. The largest absolute Gasteiger partial charge is 0.392 e. The molecule has 328 valence electrons. The Bertz CT molecular complexity index is 1490. The molecule has 0 saturated heterocycles. The summed E-state index contributed by atoms with van der Waals surface area (Å²) in [6, 6.07) is 11.6. The first kappa shape index (κ1) is 52.8. The summed E-state index contributed by atoms with van der Waals surface area (Å²) >= 11 is 0. The first-order chi connectivity index (χ1) is 27.8. The predicted octanol–water partition coefficient (Wildman–Crippen LogP) is 8.74. The molecule has 1 aromatic heterocycles. The van der Waals surface area contributed by atoms with Crippen LogP contribution in [0, 0.1) is 28.5 Å². The van der Waals surface area contributed by atoms with E-state index in [4.69, 9.17) is 40.1 Å². The molecule has 2 heterocycles. The molecule has 7 N–H and O–H groups in total. The van der Waals surface area contributed by atoms with Crippen molar-refractivity contribution < 1.29 is 38.4 Å². The van der Waals surface area contributed by atoms with E-state index in [1.165, 1.54) is 136 Å². The highest BCUT2D eigenvalue weighted by Gasteiger charge is 2.32. The van der Waals surface area contributed by atoms with Crippen molar-refractivity contribution in [1.29, 1.82) is 10.5 Å². The van der Waals surface area contributed by atoms with Crippen LogP contribution in [-0.4, -0.2) is 69.1 Å². The molecule has 2 aromatic rings. The number of aryl methyl sites for hydroxylation is 1. The number of nitrogens with one attached hydrogen (secondary N) is 1. The number of rotatable bonds is 28. The molecule has 13 nitrogen and oxygen atoms in total. The van der Waals surface area contributed by atoms with Gasteiger partial charge in [0.05, 0.1) is 31.5 Å². The van der Waals surface area contributed by atoms with Crippen LogP contribution >= 0.6 is 8.60 Å². The number of amidine groups is 1. The lowest BCUT2D eigenvalue weighted by Gasteiger charge is -2.26. The minimum absolute atomic E-state index is 0.0636. The number of nitriles is 2. The van der Waals surface area contributed by atoms with Gasteiger partial charge in [0.1, 0.15) is 30.1 Å². The van der Waals surface area contributed by atoms with Gasteiger partial charge in [-0.3, -0.25) is 4.68 Å². The Morgan fingerprint density at radius 3 is 1.90 bits per heavy atom. The van der Waals surface area contributed by atoms with E-state index in [-0.39, 0.29) is 18.8 Å². The molecule has 2 unspecified atom stereocenters. The van der Waals surface area contributed by atoms with Gasteiger partial charge in [-0.25, -0.2) is 9.38 Å². The average molecular weight is 835 g/mol. The topological polar surface area (TPSA) is 212 Å². The molecule has 3 rings (SSSR count). The lowest BCUT2D eigenvalue weighted by Crippen LogP contribution is -2.36. The molecular weight excluding hydrogens is 762 g/mol. The van der Waals surface area contributed by atoms with Crippen molar-refractivity contribution >= 4 is 14.4 Å². The van der Waals surface area contributed by atoms with Crippen LogP contribution < -0.4 is 11.2 Å². The van der Waals surface area contributed by atoms with Crippen molar-refractivity contribution in [3.63, 3.8) is 0 Å². The standard InChI is InChI=1S/C32H58N5O4P.C8H6FNO.C3H8O2/c1-3-4-5-6-7-8-9-10-11-12-13-14-15-16-17-18-19-20-25-40-42(38)41-27-32(26-33,39-2)24-23-29-21-22-30-31(34)35-28-36-37(29)30;9-8-2-6(4-10)1-7(3-8)5-11;1-3(2,4)5/h21-22,36,38H,3-20,23-25,27-28H2,1-2H3,(H2,34,35);1-3,11H,5H2;4-5H,1-2H3. The lowest BCUT2D eigenvalue weighted by molar-refractivity contribution is -0.127. The summed E-state index contributed by atoms with van der Waals surface area (Å²) in [5.41, 5.74) is 10.4. The number of aromatic nitrogens is 1. The Hall–Kier alpha value is -3.17. The highest BCUT2D eigenvalue weighted by atomic mass is 31.2. The first-order valence-corrected chi connectivity index (χ1v) is 22.2. The normalized spacial score (nSPS) is 13.6. The maximum atomic E-state index is 12.5. The minimum atomic E-state index is -2.05. The van der Waals surface area contributed by atoms with Crippen molar-refractivity contribution in [2.45, 2.75) is 167 Å². The molecule has 0 amide bonds. The van der Waals surface area contributed by atoms with Gasteiger partial charge in [-0.05, 0) is 69.0 Å². The Balaban J connectivity index is 0.000000869. The van der Waals surface area contributed by atoms with Crippen LogP contribution in [0.25, 0.3) is 0 Å². The van der Waals surface area contributed by atoms with E-state index in [0.29, 0.717) is 37.5 Å². The van der Waals surface area contributed by atoms with Gasteiger partial charge in [-0.1, -0.05) is 116 Å². The smallest absolute Gasteiger partial charge is 0.329 e. The second kappa shape index (κ2) is 31.7. The molecule has 0 bridgehead atoms. The summed E-state index contributed by atoms with van der Waals surface area (Å²) < 4.78 is 31.0. The number of nitrogens with zero attached hydrogens (tertiary/aromatic N) is 4. The number of aliphatic imine (C=N–C) groups is 1. The van der Waals surface area contributed by atoms with Crippen molar-refractivity contribution in [2.24, 2.45) is 10.7 Å². The molecule has 58 heavy (non-hydrogen) atoms. The van der Waals surface area contributed by atoms with Gasteiger partial charge in [-0.2, -0.15) is 10.5 Å². The summed E-state index contributed by atoms with van der Waals surface area (Å²) in [4.78, 5) is 14.4. The van der Waals surface area contributed by atoms with Crippen LogP contribution in [0.1, 0.15) is 165 Å². The van der Waals surface area contributed by atoms with Gasteiger partial charge in [0, 0.05) is 12.8 Å². The Kier molecular flexibility index (Phi) is 28.9. The van der Waals surface area contributed by atoms with E-state index < -0.39 is 25.8 Å². The number of benzene rings is 1. The first-order valence-electron chi connectivity index (χ1n) is 21.0. The average Bonchev–Trinajstić information content (AvgIpc) is 3.62. The Labute approximate surface area is 348 Å².